The summed E-state index contributed by atoms with van der Waals surface area (Å²) < 4.78 is 4.92. The van der Waals surface area contributed by atoms with Gasteiger partial charge < -0.3 is 21.1 Å². The van der Waals surface area contributed by atoms with Crippen LogP contribution in [0.5, 0.6) is 0 Å². The van der Waals surface area contributed by atoms with Gasteiger partial charge in [-0.2, -0.15) is 0 Å². The van der Waals surface area contributed by atoms with E-state index in [-0.39, 0.29) is 30.5 Å². The SMILES string of the molecule is CCOC(=O)CCc1ccccc1NC(=O)CNC(=O)c1ccc(Cl)c(N)c1. The quantitative estimate of drug-likeness (QED) is 0.463. The van der Waals surface area contributed by atoms with Crippen LogP contribution in [0.1, 0.15) is 29.3 Å². The van der Waals surface area contributed by atoms with Crippen molar-refractivity contribution in [3.8, 4) is 0 Å². The van der Waals surface area contributed by atoms with Crippen LogP contribution in [0, 0.1) is 0 Å². The van der Waals surface area contributed by atoms with E-state index in [1.165, 1.54) is 18.2 Å². The number of rotatable bonds is 8. The number of amides is 2. The highest BCUT2D eigenvalue weighted by molar-refractivity contribution is 6.33. The molecule has 0 radical (unpaired) electrons. The number of aryl methyl sites for hydroxylation is 1. The Morgan fingerprint density at radius 2 is 1.89 bits per heavy atom. The van der Waals surface area contributed by atoms with Crippen LogP contribution in [0.15, 0.2) is 42.5 Å². The number of esters is 1. The molecule has 0 saturated heterocycles. The third-order valence-electron chi connectivity index (χ3n) is 3.86. The molecule has 0 aliphatic heterocycles. The lowest BCUT2D eigenvalue weighted by Crippen LogP contribution is -2.33. The molecule has 0 spiro atoms. The number of halogens is 1. The maximum Gasteiger partial charge on any atom is 0.306 e. The number of carbonyl (C=O) groups excluding carboxylic acids is 3. The Balaban J connectivity index is 1.91. The van der Waals surface area contributed by atoms with Gasteiger partial charge in [0.05, 0.1) is 23.9 Å². The predicted octanol–water partition coefficient (Wildman–Crippen LogP) is 2.79. The Morgan fingerprint density at radius 1 is 1.14 bits per heavy atom. The third kappa shape index (κ3) is 6.28. The average molecular weight is 404 g/mol. The Morgan fingerprint density at radius 3 is 2.61 bits per heavy atom. The fourth-order valence-electron chi connectivity index (χ4n) is 2.47. The molecule has 28 heavy (non-hydrogen) atoms. The largest absolute Gasteiger partial charge is 0.466 e. The Labute approximate surface area is 168 Å². The number of carbonyl (C=O) groups is 3. The second-order valence-electron chi connectivity index (χ2n) is 5.93. The first-order chi connectivity index (χ1) is 13.4. The van der Waals surface area contributed by atoms with E-state index in [0.29, 0.717) is 29.3 Å². The summed E-state index contributed by atoms with van der Waals surface area (Å²) in [6.45, 7) is 1.86. The molecule has 2 amide bonds. The molecule has 2 aromatic rings. The van der Waals surface area contributed by atoms with Gasteiger partial charge in [-0.1, -0.05) is 29.8 Å². The van der Waals surface area contributed by atoms with Crippen molar-refractivity contribution >= 4 is 40.8 Å². The molecule has 0 aliphatic rings. The van der Waals surface area contributed by atoms with Crippen molar-refractivity contribution in [2.45, 2.75) is 19.8 Å². The molecule has 0 atom stereocenters. The maximum atomic E-state index is 12.2. The Hall–Kier alpha value is -3.06. The summed E-state index contributed by atoms with van der Waals surface area (Å²) in [5.41, 5.74) is 7.67. The van der Waals surface area contributed by atoms with Gasteiger partial charge in [-0.05, 0) is 43.2 Å². The van der Waals surface area contributed by atoms with Gasteiger partial charge in [0, 0.05) is 17.7 Å². The summed E-state index contributed by atoms with van der Waals surface area (Å²) in [4.78, 5) is 35.9. The van der Waals surface area contributed by atoms with E-state index in [9.17, 15) is 14.4 Å². The Kier molecular flexibility index (Phi) is 7.83. The fraction of sp³-hybridized carbons (Fsp3) is 0.250. The fourth-order valence-corrected chi connectivity index (χ4v) is 2.59. The van der Waals surface area contributed by atoms with Gasteiger partial charge in [0.2, 0.25) is 5.91 Å². The van der Waals surface area contributed by atoms with Gasteiger partial charge in [-0.25, -0.2) is 0 Å². The average Bonchev–Trinajstić information content (AvgIpc) is 2.68. The number of anilines is 2. The zero-order chi connectivity index (χ0) is 20.5. The number of nitrogen functional groups attached to an aromatic ring is 1. The lowest BCUT2D eigenvalue weighted by atomic mass is 10.1. The summed E-state index contributed by atoms with van der Waals surface area (Å²) in [6, 6.07) is 11.6. The van der Waals surface area contributed by atoms with Crippen LogP contribution in [0.3, 0.4) is 0 Å². The lowest BCUT2D eigenvalue weighted by Gasteiger charge is -2.12. The highest BCUT2D eigenvalue weighted by Crippen LogP contribution is 2.19. The van der Waals surface area contributed by atoms with Crippen molar-refractivity contribution in [3.63, 3.8) is 0 Å². The molecule has 0 unspecified atom stereocenters. The minimum absolute atomic E-state index is 0.215. The van der Waals surface area contributed by atoms with Crippen LogP contribution in [0.2, 0.25) is 5.02 Å². The molecule has 0 saturated carbocycles. The van der Waals surface area contributed by atoms with E-state index >= 15 is 0 Å². The first kappa shape index (κ1) is 21.2. The molecule has 2 aromatic carbocycles. The van der Waals surface area contributed by atoms with Crippen molar-refractivity contribution in [1.82, 2.24) is 5.32 Å². The molecule has 0 bridgehead atoms. The van der Waals surface area contributed by atoms with E-state index in [4.69, 9.17) is 22.1 Å². The second-order valence-corrected chi connectivity index (χ2v) is 6.34. The molecular formula is C20H22ClN3O4. The topological polar surface area (TPSA) is 111 Å². The smallest absolute Gasteiger partial charge is 0.306 e. The van der Waals surface area contributed by atoms with E-state index in [0.717, 1.165) is 5.56 Å². The van der Waals surface area contributed by atoms with Crippen LogP contribution < -0.4 is 16.4 Å². The second kappa shape index (κ2) is 10.3. The van der Waals surface area contributed by atoms with Crippen molar-refractivity contribution < 1.29 is 19.1 Å². The van der Waals surface area contributed by atoms with Crippen LogP contribution in [0.25, 0.3) is 0 Å². The van der Waals surface area contributed by atoms with Crippen LogP contribution in [-0.2, 0) is 20.7 Å². The number of nitrogens with one attached hydrogen (secondary N) is 2. The van der Waals surface area contributed by atoms with Crippen LogP contribution in [-0.4, -0.2) is 30.9 Å². The van der Waals surface area contributed by atoms with Crippen molar-refractivity contribution in [2.24, 2.45) is 0 Å². The molecule has 0 aliphatic carbocycles. The van der Waals surface area contributed by atoms with E-state index < -0.39 is 5.91 Å². The summed E-state index contributed by atoms with van der Waals surface area (Å²) >= 11 is 5.83. The standard InChI is InChI=1S/C20H22ClN3O4/c1-2-28-19(26)10-8-13-5-3-4-6-17(13)24-18(25)12-23-20(27)14-7-9-15(21)16(22)11-14/h3-7,9,11H,2,8,10,12,22H2,1H3,(H,23,27)(H,24,25). The van der Waals surface area contributed by atoms with E-state index in [1.807, 2.05) is 12.1 Å². The monoisotopic (exact) mass is 403 g/mol. The van der Waals surface area contributed by atoms with Gasteiger partial charge >= 0.3 is 5.97 Å². The molecule has 7 nitrogen and oxygen atoms in total. The van der Waals surface area contributed by atoms with Crippen molar-refractivity contribution in [3.05, 3.63) is 58.6 Å². The first-order valence-electron chi connectivity index (χ1n) is 8.77. The molecule has 2 rings (SSSR count). The van der Waals surface area contributed by atoms with Gasteiger partial charge in [-0.3, -0.25) is 14.4 Å². The molecular weight excluding hydrogens is 382 g/mol. The highest BCUT2D eigenvalue weighted by Gasteiger charge is 2.12. The Bertz CT molecular complexity index is 870. The van der Waals surface area contributed by atoms with Crippen molar-refractivity contribution in [2.75, 3.05) is 24.2 Å². The van der Waals surface area contributed by atoms with Crippen LogP contribution >= 0.6 is 11.6 Å². The van der Waals surface area contributed by atoms with Crippen molar-refractivity contribution in [1.29, 1.82) is 0 Å². The molecule has 0 aromatic heterocycles. The van der Waals surface area contributed by atoms with Gasteiger partial charge in [0.15, 0.2) is 0 Å². The summed E-state index contributed by atoms with van der Waals surface area (Å²) in [6.07, 6.45) is 0.654. The van der Waals surface area contributed by atoms with Gasteiger partial charge in [0.1, 0.15) is 0 Å². The number of nitrogens with two attached hydrogens (primary N) is 1. The minimum atomic E-state index is -0.436. The number of hydrogen-bond acceptors (Lipinski definition) is 5. The number of para-hydroxylation sites is 1. The molecule has 148 valence electrons. The third-order valence-corrected chi connectivity index (χ3v) is 4.21. The van der Waals surface area contributed by atoms with Crippen LogP contribution in [0.4, 0.5) is 11.4 Å². The number of ether oxygens (including phenoxy) is 1. The highest BCUT2D eigenvalue weighted by atomic mass is 35.5. The molecule has 4 N–H and O–H groups in total. The lowest BCUT2D eigenvalue weighted by molar-refractivity contribution is -0.143. The maximum absolute atomic E-state index is 12.2. The van der Waals surface area contributed by atoms with E-state index in [2.05, 4.69) is 10.6 Å². The molecule has 0 heterocycles. The predicted molar refractivity (Wildman–Crippen MR) is 108 cm³/mol. The van der Waals surface area contributed by atoms with Gasteiger partial charge in [0.25, 0.3) is 5.91 Å². The first-order valence-corrected chi connectivity index (χ1v) is 9.15. The summed E-state index contributed by atoms with van der Waals surface area (Å²) in [7, 11) is 0. The molecule has 8 heteroatoms. The van der Waals surface area contributed by atoms with Gasteiger partial charge in [-0.15, -0.1) is 0 Å². The zero-order valence-electron chi connectivity index (χ0n) is 15.5. The molecule has 0 fully saturated rings. The minimum Gasteiger partial charge on any atom is -0.466 e. The zero-order valence-corrected chi connectivity index (χ0v) is 16.2. The normalized spacial score (nSPS) is 10.2. The van der Waals surface area contributed by atoms with E-state index in [1.54, 1.807) is 19.1 Å². The number of hydrogen-bond donors (Lipinski definition) is 3. The number of benzene rings is 2. The summed E-state index contributed by atoms with van der Waals surface area (Å²) in [5, 5.41) is 5.63. The summed E-state index contributed by atoms with van der Waals surface area (Å²) in [5.74, 6) is -1.12.